The molecule has 0 saturated carbocycles. The van der Waals surface area contributed by atoms with E-state index in [1.807, 2.05) is 0 Å². The molecule has 23 heavy (non-hydrogen) atoms. The molecule has 6 nitrogen and oxygen atoms in total. The first-order valence-electron chi connectivity index (χ1n) is 6.61. The fraction of sp³-hybridized carbons (Fsp3) is 0.133. The Morgan fingerprint density at radius 1 is 1.13 bits per heavy atom. The highest BCUT2D eigenvalue weighted by atomic mass is 35.5. The summed E-state index contributed by atoms with van der Waals surface area (Å²) in [6.45, 7) is 1.60. The predicted molar refractivity (Wildman–Crippen MR) is 88.0 cm³/mol. The largest absolute Gasteiger partial charge is 0.481 e. The summed E-state index contributed by atoms with van der Waals surface area (Å²) in [6.07, 6.45) is -0.742. The normalized spacial score (nSPS) is 12.5. The minimum Gasteiger partial charge on any atom is -0.481 e. The van der Waals surface area contributed by atoms with E-state index in [9.17, 15) is 13.2 Å². The Labute approximate surface area is 139 Å². The van der Waals surface area contributed by atoms with Crippen molar-refractivity contribution in [1.29, 1.82) is 0 Å². The van der Waals surface area contributed by atoms with Crippen molar-refractivity contribution >= 4 is 33.2 Å². The first kappa shape index (κ1) is 17.3. The molecule has 0 aliphatic carbocycles. The van der Waals surface area contributed by atoms with Gasteiger partial charge >= 0.3 is 0 Å². The lowest BCUT2D eigenvalue weighted by atomic mass is 10.3. The molecule has 0 fully saturated rings. The van der Waals surface area contributed by atoms with Crippen LogP contribution in [0.25, 0.3) is 0 Å². The number of rotatable bonds is 5. The number of carbonyl (C=O) groups excluding carboxylic acids is 1. The van der Waals surface area contributed by atoms with Crippen molar-refractivity contribution in [3.8, 4) is 5.75 Å². The van der Waals surface area contributed by atoms with Crippen LogP contribution in [0.4, 0.5) is 5.69 Å². The number of nitrogens with one attached hydrogen (secondary N) is 1. The van der Waals surface area contributed by atoms with Gasteiger partial charge in [0.25, 0.3) is 5.91 Å². The molecule has 1 amide bonds. The van der Waals surface area contributed by atoms with Crippen molar-refractivity contribution in [1.82, 2.24) is 0 Å². The standard InChI is InChI=1S/C15H15ClN2O4S/c1-10(22-13-6-2-11(16)3-7-13)15(19)18-12-4-8-14(9-5-12)23(17,20)21/h2-10H,1H3,(H,18,19)(H2,17,20,21). The van der Waals surface area contributed by atoms with Gasteiger partial charge in [-0.3, -0.25) is 4.79 Å². The maximum Gasteiger partial charge on any atom is 0.265 e. The zero-order valence-corrected chi connectivity index (χ0v) is 13.8. The van der Waals surface area contributed by atoms with Gasteiger partial charge in [-0.1, -0.05) is 11.6 Å². The van der Waals surface area contributed by atoms with E-state index in [-0.39, 0.29) is 10.8 Å². The van der Waals surface area contributed by atoms with Crippen LogP contribution in [0.15, 0.2) is 53.4 Å². The van der Waals surface area contributed by atoms with Crippen molar-refractivity contribution in [3.05, 3.63) is 53.6 Å². The van der Waals surface area contributed by atoms with Crippen molar-refractivity contribution < 1.29 is 17.9 Å². The van der Waals surface area contributed by atoms with Crippen LogP contribution in [0.3, 0.4) is 0 Å². The quantitative estimate of drug-likeness (QED) is 0.861. The first-order chi connectivity index (χ1) is 10.8. The fourth-order valence-electron chi connectivity index (χ4n) is 1.74. The van der Waals surface area contributed by atoms with Gasteiger partial charge in [0.2, 0.25) is 10.0 Å². The highest BCUT2D eigenvalue weighted by Crippen LogP contribution is 2.18. The second-order valence-corrected chi connectivity index (χ2v) is 6.77. The zero-order chi connectivity index (χ0) is 17.0. The summed E-state index contributed by atoms with van der Waals surface area (Å²) < 4.78 is 27.8. The van der Waals surface area contributed by atoms with E-state index >= 15 is 0 Å². The monoisotopic (exact) mass is 354 g/mol. The van der Waals surface area contributed by atoms with E-state index in [0.717, 1.165) is 0 Å². The maximum absolute atomic E-state index is 12.1. The highest BCUT2D eigenvalue weighted by Gasteiger charge is 2.15. The van der Waals surface area contributed by atoms with Crippen LogP contribution in [0.1, 0.15) is 6.92 Å². The zero-order valence-electron chi connectivity index (χ0n) is 12.2. The number of carbonyl (C=O) groups is 1. The molecular weight excluding hydrogens is 340 g/mol. The summed E-state index contributed by atoms with van der Waals surface area (Å²) in [7, 11) is -3.76. The number of nitrogens with two attached hydrogens (primary N) is 1. The van der Waals surface area contributed by atoms with E-state index in [2.05, 4.69) is 5.32 Å². The molecule has 8 heteroatoms. The van der Waals surface area contributed by atoms with Crippen molar-refractivity contribution in [2.24, 2.45) is 5.14 Å². The number of amides is 1. The molecule has 0 spiro atoms. The third kappa shape index (κ3) is 4.95. The van der Waals surface area contributed by atoms with Gasteiger partial charge in [-0.15, -0.1) is 0 Å². The van der Waals surface area contributed by atoms with E-state index in [1.165, 1.54) is 24.3 Å². The van der Waals surface area contributed by atoms with Gasteiger partial charge in [-0.05, 0) is 55.5 Å². The molecule has 0 aromatic heterocycles. The summed E-state index contributed by atoms with van der Waals surface area (Å²) in [5, 5.41) is 8.21. The molecule has 0 heterocycles. The van der Waals surface area contributed by atoms with Crippen LogP contribution in [-0.4, -0.2) is 20.4 Å². The smallest absolute Gasteiger partial charge is 0.265 e. The number of anilines is 1. The second kappa shape index (κ2) is 6.99. The number of sulfonamides is 1. The lowest BCUT2D eigenvalue weighted by molar-refractivity contribution is -0.122. The summed E-state index contributed by atoms with van der Waals surface area (Å²) in [5.74, 6) is 0.143. The summed E-state index contributed by atoms with van der Waals surface area (Å²) >= 11 is 5.78. The summed E-state index contributed by atoms with van der Waals surface area (Å²) in [5.41, 5.74) is 0.439. The SMILES string of the molecule is CC(Oc1ccc(Cl)cc1)C(=O)Nc1ccc(S(N)(=O)=O)cc1. The Kier molecular flexibility index (Phi) is 5.25. The molecule has 0 aliphatic heterocycles. The molecule has 0 saturated heterocycles. The van der Waals surface area contributed by atoms with E-state index < -0.39 is 16.1 Å². The molecule has 0 aliphatic rings. The van der Waals surface area contributed by atoms with Crippen LogP contribution in [-0.2, 0) is 14.8 Å². The Morgan fingerprint density at radius 3 is 2.22 bits per heavy atom. The Balaban J connectivity index is 1.99. The number of primary sulfonamides is 1. The number of halogens is 1. The Hall–Kier alpha value is -2.09. The lowest BCUT2D eigenvalue weighted by Gasteiger charge is -2.15. The molecule has 3 N–H and O–H groups in total. The number of benzene rings is 2. The van der Waals surface area contributed by atoms with Crippen molar-refractivity contribution in [2.45, 2.75) is 17.9 Å². The van der Waals surface area contributed by atoms with Gasteiger partial charge in [-0.2, -0.15) is 0 Å². The predicted octanol–water partition coefficient (Wildman–Crippen LogP) is 2.39. The topological polar surface area (TPSA) is 98.5 Å². The van der Waals surface area contributed by atoms with Crippen LogP contribution in [0.5, 0.6) is 5.75 Å². The molecule has 0 radical (unpaired) electrons. The van der Waals surface area contributed by atoms with Gasteiger partial charge in [0.1, 0.15) is 5.75 Å². The van der Waals surface area contributed by atoms with Gasteiger partial charge < -0.3 is 10.1 Å². The first-order valence-corrected chi connectivity index (χ1v) is 8.54. The lowest BCUT2D eigenvalue weighted by Crippen LogP contribution is -2.30. The average molecular weight is 355 g/mol. The van der Waals surface area contributed by atoms with E-state index in [4.69, 9.17) is 21.5 Å². The van der Waals surface area contributed by atoms with Gasteiger partial charge in [-0.25, -0.2) is 13.6 Å². The van der Waals surface area contributed by atoms with E-state index in [0.29, 0.717) is 16.5 Å². The molecule has 1 unspecified atom stereocenters. The van der Waals surface area contributed by atoms with Gasteiger partial charge in [0, 0.05) is 10.7 Å². The van der Waals surface area contributed by atoms with Crippen LogP contribution in [0.2, 0.25) is 5.02 Å². The minimum atomic E-state index is -3.76. The number of ether oxygens (including phenoxy) is 1. The number of hydrogen-bond donors (Lipinski definition) is 2. The molecule has 1 atom stereocenters. The Bertz CT molecular complexity index is 789. The summed E-state index contributed by atoms with van der Waals surface area (Å²) in [4.78, 5) is 12.0. The minimum absolute atomic E-state index is 0.0269. The van der Waals surface area contributed by atoms with Gasteiger partial charge in [0.15, 0.2) is 6.10 Å². The third-order valence-corrected chi connectivity index (χ3v) is 4.13. The molecule has 2 aromatic rings. The fourth-order valence-corrected chi connectivity index (χ4v) is 2.38. The Morgan fingerprint density at radius 2 is 1.70 bits per heavy atom. The highest BCUT2D eigenvalue weighted by molar-refractivity contribution is 7.89. The summed E-state index contributed by atoms with van der Waals surface area (Å²) in [6, 6.07) is 12.2. The van der Waals surface area contributed by atoms with Crippen molar-refractivity contribution in [3.63, 3.8) is 0 Å². The van der Waals surface area contributed by atoms with Gasteiger partial charge in [0.05, 0.1) is 4.90 Å². The molecule has 2 rings (SSSR count). The third-order valence-electron chi connectivity index (χ3n) is 2.95. The number of hydrogen-bond acceptors (Lipinski definition) is 4. The van der Waals surface area contributed by atoms with Crippen LogP contribution in [0, 0.1) is 0 Å². The van der Waals surface area contributed by atoms with E-state index in [1.54, 1.807) is 31.2 Å². The van der Waals surface area contributed by atoms with Crippen LogP contribution >= 0.6 is 11.6 Å². The average Bonchev–Trinajstić information content (AvgIpc) is 2.49. The second-order valence-electron chi connectivity index (χ2n) is 4.77. The molecule has 0 bridgehead atoms. The maximum atomic E-state index is 12.1. The molecular formula is C15H15ClN2O4S. The van der Waals surface area contributed by atoms with Crippen LogP contribution < -0.4 is 15.2 Å². The van der Waals surface area contributed by atoms with Crippen molar-refractivity contribution in [2.75, 3.05) is 5.32 Å². The molecule has 2 aromatic carbocycles. The molecule has 122 valence electrons.